The van der Waals surface area contributed by atoms with Crippen LogP contribution in [-0.2, 0) is 11.2 Å². The summed E-state index contributed by atoms with van der Waals surface area (Å²) in [7, 11) is 0. The van der Waals surface area contributed by atoms with Gasteiger partial charge >= 0.3 is 0 Å². The minimum Gasteiger partial charge on any atom is -0.332 e. The molecule has 1 aliphatic rings. The lowest BCUT2D eigenvalue weighted by Crippen LogP contribution is -2.13. The van der Waals surface area contributed by atoms with E-state index in [4.69, 9.17) is 0 Å². The Bertz CT molecular complexity index is 327. The lowest BCUT2D eigenvalue weighted by molar-refractivity contribution is -0.108. The number of rotatable bonds is 2. The summed E-state index contributed by atoms with van der Waals surface area (Å²) in [5, 5.41) is 9.48. The van der Waals surface area contributed by atoms with Crippen LogP contribution in [0.5, 0.6) is 0 Å². The van der Waals surface area contributed by atoms with E-state index in [0.29, 0.717) is 6.41 Å². The van der Waals surface area contributed by atoms with Crippen molar-refractivity contribution >= 4 is 12.5 Å². The Balaban J connectivity index is 2.28. The second-order valence-corrected chi connectivity index (χ2v) is 2.74. The SMILES string of the molecule is O=CNC1=Cc2cn[nH]c2CC1. The summed E-state index contributed by atoms with van der Waals surface area (Å²) >= 11 is 0. The van der Waals surface area contributed by atoms with Crippen molar-refractivity contribution in [3.05, 3.63) is 23.2 Å². The molecule has 4 heteroatoms. The molecule has 1 amide bonds. The van der Waals surface area contributed by atoms with Gasteiger partial charge in [0.25, 0.3) is 0 Å². The molecule has 1 aromatic rings. The Labute approximate surface area is 69.7 Å². The number of H-pyrrole nitrogens is 1. The highest BCUT2D eigenvalue weighted by molar-refractivity contribution is 5.61. The molecule has 0 aromatic carbocycles. The minimum atomic E-state index is 0.705. The van der Waals surface area contributed by atoms with E-state index < -0.39 is 0 Å². The van der Waals surface area contributed by atoms with Crippen LogP contribution in [0.2, 0.25) is 0 Å². The predicted molar refractivity (Wildman–Crippen MR) is 44.1 cm³/mol. The van der Waals surface area contributed by atoms with E-state index in [1.165, 1.54) is 0 Å². The maximum absolute atomic E-state index is 10.1. The number of fused-ring (bicyclic) bond motifs is 1. The molecule has 1 heterocycles. The molecule has 1 aliphatic carbocycles. The molecule has 0 atom stereocenters. The summed E-state index contributed by atoms with van der Waals surface area (Å²) in [6.45, 7) is 0. The molecular weight excluding hydrogens is 154 g/mol. The monoisotopic (exact) mass is 163 g/mol. The van der Waals surface area contributed by atoms with Gasteiger partial charge in [-0.2, -0.15) is 5.10 Å². The largest absolute Gasteiger partial charge is 0.332 e. The van der Waals surface area contributed by atoms with Crippen LogP contribution in [0, 0.1) is 0 Å². The lowest BCUT2D eigenvalue weighted by Gasteiger charge is -2.10. The fraction of sp³-hybridized carbons (Fsp3) is 0.250. The minimum absolute atomic E-state index is 0.705. The number of aromatic nitrogens is 2. The van der Waals surface area contributed by atoms with Crippen molar-refractivity contribution in [1.82, 2.24) is 15.5 Å². The third-order valence-corrected chi connectivity index (χ3v) is 1.97. The average molecular weight is 163 g/mol. The summed E-state index contributed by atoms with van der Waals surface area (Å²) in [5.74, 6) is 0. The van der Waals surface area contributed by atoms with Crippen LogP contribution >= 0.6 is 0 Å². The molecule has 0 fully saturated rings. The molecule has 0 saturated carbocycles. The number of aromatic amines is 1. The summed E-state index contributed by atoms with van der Waals surface area (Å²) in [5.41, 5.74) is 3.18. The molecule has 0 aliphatic heterocycles. The number of nitrogens with one attached hydrogen (secondary N) is 2. The quantitative estimate of drug-likeness (QED) is 0.621. The van der Waals surface area contributed by atoms with Crippen molar-refractivity contribution < 1.29 is 4.79 Å². The number of hydrogen-bond acceptors (Lipinski definition) is 2. The molecule has 62 valence electrons. The average Bonchev–Trinajstić information content (AvgIpc) is 2.51. The molecular formula is C8H9N3O. The molecule has 2 rings (SSSR count). The normalized spacial score (nSPS) is 14.8. The van der Waals surface area contributed by atoms with Crippen molar-refractivity contribution in [2.45, 2.75) is 12.8 Å². The van der Waals surface area contributed by atoms with Gasteiger partial charge in [0.15, 0.2) is 0 Å². The van der Waals surface area contributed by atoms with Crippen LogP contribution in [0.4, 0.5) is 0 Å². The van der Waals surface area contributed by atoms with Crippen molar-refractivity contribution in [2.75, 3.05) is 0 Å². The number of hydrogen-bond donors (Lipinski definition) is 2. The van der Waals surface area contributed by atoms with Crippen LogP contribution in [0.1, 0.15) is 17.7 Å². The van der Waals surface area contributed by atoms with Crippen LogP contribution in [-0.4, -0.2) is 16.6 Å². The van der Waals surface area contributed by atoms with Gasteiger partial charge in [0.2, 0.25) is 6.41 Å². The first-order valence-electron chi connectivity index (χ1n) is 3.83. The Kier molecular flexibility index (Phi) is 1.66. The van der Waals surface area contributed by atoms with Gasteiger partial charge in [0.05, 0.1) is 6.20 Å². The zero-order valence-corrected chi connectivity index (χ0v) is 6.50. The fourth-order valence-corrected chi connectivity index (χ4v) is 1.36. The van der Waals surface area contributed by atoms with Gasteiger partial charge in [-0.25, -0.2) is 0 Å². The van der Waals surface area contributed by atoms with Gasteiger partial charge in [-0.1, -0.05) is 0 Å². The Morgan fingerprint density at radius 2 is 2.50 bits per heavy atom. The number of nitrogens with zero attached hydrogens (tertiary/aromatic N) is 1. The first-order chi connectivity index (χ1) is 5.90. The molecule has 1 aromatic heterocycles. The first kappa shape index (κ1) is 7.09. The van der Waals surface area contributed by atoms with Crippen molar-refractivity contribution in [2.24, 2.45) is 0 Å². The summed E-state index contributed by atoms with van der Waals surface area (Å²) in [4.78, 5) is 10.1. The Hall–Kier alpha value is -1.58. The lowest BCUT2D eigenvalue weighted by atomic mass is 10.0. The molecule has 0 saturated heterocycles. The maximum atomic E-state index is 10.1. The molecule has 0 spiro atoms. The van der Waals surface area contributed by atoms with Crippen LogP contribution in [0.25, 0.3) is 6.08 Å². The molecule has 2 N–H and O–H groups in total. The van der Waals surface area contributed by atoms with E-state index in [2.05, 4.69) is 15.5 Å². The van der Waals surface area contributed by atoms with Gasteiger partial charge in [-0.3, -0.25) is 9.89 Å². The number of carbonyl (C=O) groups excluding carboxylic acids is 1. The zero-order chi connectivity index (χ0) is 8.39. The van der Waals surface area contributed by atoms with E-state index in [9.17, 15) is 4.79 Å². The van der Waals surface area contributed by atoms with Crippen molar-refractivity contribution in [3.8, 4) is 0 Å². The number of allylic oxidation sites excluding steroid dienone is 1. The fourth-order valence-electron chi connectivity index (χ4n) is 1.36. The van der Waals surface area contributed by atoms with Crippen LogP contribution < -0.4 is 5.32 Å². The number of aryl methyl sites for hydroxylation is 1. The van der Waals surface area contributed by atoms with Gasteiger partial charge in [-0.15, -0.1) is 0 Å². The molecule has 0 radical (unpaired) electrons. The van der Waals surface area contributed by atoms with E-state index in [0.717, 1.165) is 29.8 Å². The van der Waals surface area contributed by atoms with Gasteiger partial charge in [-0.05, 0) is 18.9 Å². The van der Waals surface area contributed by atoms with Gasteiger partial charge in [0, 0.05) is 17.0 Å². The smallest absolute Gasteiger partial charge is 0.211 e. The van der Waals surface area contributed by atoms with E-state index >= 15 is 0 Å². The standard InChI is InChI=1S/C8H9N3O/c12-5-9-7-1-2-8-6(3-7)4-10-11-8/h3-5H,1-2H2,(H,9,12)(H,10,11). The van der Waals surface area contributed by atoms with Crippen LogP contribution in [0.3, 0.4) is 0 Å². The molecule has 4 nitrogen and oxygen atoms in total. The second-order valence-electron chi connectivity index (χ2n) is 2.74. The first-order valence-corrected chi connectivity index (χ1v) is 3.83. The third-order valence-electron chi connectivity index (χ3n) is 1.97. The topological polar surface area (TPSA) is 57.8 Å². The van der Waals surface area contributed by atoms with Crippen molar-refractivity contribution in [1.29, 1.82) is 0 Å². The number of carbonyl (C=O) groups is 1. The summed E-state index contributed by atoms with van der Waals surface area (Å²) < 4.78 is 0. The Morgan fingerprint density at radius 3 is 3.33 bits per heavy atom. The summed E-state index contributed by atoms with van der Waals surface area (Å²) in [6, 6.07) is 0. The van der Waals surface area contributed by atoms with E-state index in [1.807, 2.05) is 6.08 Å². The van der Waals surface area contributed by atoms with Crippen molar-refractivity contribution in [3.63, 3.8) is 0 Å². The second kappa shape index (κ2) is 2.81. The van der Waals surface area contributed by atoms with Gasteiger partial charge < -0.3 is 5.32 Å². The van der Waals surface area contributed by atoms with E-state index in [-0.39, 0.29) is 0 Å². The molecule has 0 unspecified atom stereocenters. The van der Waals surface area contributed by atoms with E-state index in [1.54, 1.807) is 6.20 Å². The van der Waals surface area contributed by atoms with Crippen LogP contribution in [0.15, 0.2) is 11.9 Å². The molecule has 12 heavy (non-hydrogen) atoms. The summed E-state index contributed by atoms with van der Waals surface area (Å²) in [6.07, 6.45) is 6.20. The highest BCUT2D eigenvalue weighted by atomic mass is 16.1. The number of amides is 1. The highest BCUT2D eigenvalue weighted by Crippen LogP contribution is 2.19. The zero-order valence-electron chi connectivity index (χ0n) is 6.50. The Morgan fingerprint density at radius 1 is 1.58 bits per heavy atom. The highest BCUT2D eigenvalue weighted by Gasteiger charge is 2.10. The van der Waals surface area contributed by atoms with Gasteiger partial charge in [0.1, 0.15) is 0 Å². The third kappa shape index (κ3) is 1.11. The molecule has 0 bridgehead atoms. The predicted octanol–water partition coefficient (Wildman–Crippen LogP) is 0.443. The maximum Gasteiger partial charge on any atom is 0.211 e.